The summed E-state index contributed by atoms with van der Waals surface area (Å²) in [5.41, 5.74) is 0. The minimum Gasteiger partial charge on any atom is -0.329 e. The Morgan fingerprint density at radius 2 is 2.20 bits per heavy atom. The first-order chi connectivity index (χ1) is 9.56. The third-order valence-corrected chi connectivity index (χ3v) is 5.34. The summed E-state index contributed by atoms with van der Waals surface area (Å²) in [5.74, 6) is -0.258. The molecular formula is C13H13BrN2O3S. The van der Waals surface area contributed by atoms with Crippen molar-refractivity contribution >= 4 is 44.9 Å². The molecule has 0 bridgehead atoms. The van der Waals surface area contributed by atoms with Crippen LogP contribution in [0.15, 0.2) is 15.9 Å². The molecule has 0 aromatic carbocycles. The van der Waals surface area contributed by atoms with E-state index in [0.29, 0.717) is 17.8 Å². The second kappa shape index (κ2) is 5.29. The highest BCUT2D eigenvalue weighted by atomic mass is 79.9. The number of carbonyl (C=O) groups is 3. The fourth-order valence-corrected chi connectivity index (χ4v) is 4.03. The Bertz CT molecular complexity index is 586. The maximum Gasteiger partial charge on any atom is 0.246 e. The zero-order valence-corrected chi connectivity index (χ0v) is 13.1. The van der Waals surface area contributed by atoms with E-state index in [1.54, 1.807) is 17.0 Å². The van der Waals surface area contributed by atoms with Crippen molar-refractivity contribution in [2.24, 2.45) is 0 Å². The minimum absolute atomic E-state index is 0.0120. The SMILES string of the molecule is O=C(CN1CC(=O)N2CCCC2C1=O)c1ccc(Br)s1. The van der Waals surface area contributed by atoms with E-state index in [-0.39, 0.29) is 36.7 Å². The average molecular weight is 357 g/mol. The summed E-state index contributed by atoms with van der Waals surface area (Å²) in [5, 5.41) is 0. The molecule has 20 heavy (non-hydrogen) atoms. The molecule has 2 aliphatic heterocycles. The first-order valence-electron chi connectivity index (χ1n) is 6.43. The number of nitrogens with zero attached hydrogens (tertiary/aromatic N) is 2. The van der Waals surface area contributed by atoms with Crippen LogP contribution in [-0.4, -0.2) is 53.1 Å². The van der Waals surface area contributed by atoms with Crippen LogP contribution >= 0.6 is 27.3 Å². The number of thiophene rings is 1. The van der Waals surface area contributed by atoms with E-state index in [1.807, 2.05) is 0 Å². The highest BCUT2D eigenvalue weighted by Gasteiger charge is 2.42. The molecule has 5 nitrogen and oxygen atoms in total. The van der Waals surface area contributed by atoms with Gasteiger partial charge in [-0.05, 0) is 40.9 Å². The lowest BCUT2D eigenvalue weighted by atomic mass is 10.1. The summed E-state index contributed by atoms with van der Waals surface area (Å²) < 4.78 is 0.879. The topological polar surface area (TPSA) is 57.7 Å². The van der Waals surface area contributed by atoms with Crippen molar-refractivity contribution in [1.29, 1.82) is 0 Å². The number of hydrogen-bond acceptors (Lipinski definition) is 4. The summed E-state index contributed by atoms with van der Waals surface area (Å²) in [4.78, 5) is 40.0. The van der Waals surface area contributed by atoms with Gasteiger partial charge in [-0.25, -0.2) is 0 Å². The van der Waals surface area contributed by atoms with Crippen LogP contribution in [0.1, 0.15) is 22.5 Å². The van der Waals surface area contributed by atoms with Crippen LogP contribution in [-0.2, 0) is 9.59 Å². The van der Waals surface area contributed by atoms with Crippen molar-refractivity contribution in [2.45, 2.75) is 18.9 Å². The van der Waals surface area contributed by atoms with E-state index < -0.39 is 0 Å². The molecule has 2 aliphatic rings. The maximum atomic E-state index is 12.3. The van der Waals surface area contributed by atoms with E-state index in [9.17, 15) is 14.4 Å². The number of hydrogen-bond donors (Lipinski definition) is 0. The first-order valence-corrected chi connectivity index (χ1v) is 8.04. The standard InChI is InChI=1S/C13H13BrN2O3S/c14-11-4-3-10(20-11)9(17)6-15-7-12(18)16-5-1-2-8(16)13(15)19/h3-4,8H,1-2,5-7H2. The molecule has 0 aliphatic carbocycles. The molecular weight excluding hydrogens is 344 g/mol. The number of amides is 2. The number of rotatable bonds is 3. The van der Waals surface area contributed by atoms with E-state index in [4.69, 9.17) is 0 Å². The van der Waals surface area contributed by atoms with Crippen molar-refractivity contribution in [3.05, 3.63) is 20.8 Å². The molecule has 7 heteroatoms. The van der Waals surface area contributed by atoms with Crippen LogP contribution < -0.4 is 0 Å². The molecule has 0 N–H and O–H groups in total. The van der Waals surface area contributed by atoms with Gasteiger partial charge in [0, 0.05) is 6.54 Å². The Morgan fingerprint density at radius 3 is 2.90 bits per heavy atom. The second-order valence-corrected chi connectivity index (χ2v) is 7.43. The molecule has 1 aromatic rings. The molecule has 106 valence electrons. The van der Waals surface area contributed by atoms with Gasteiger partial charge in [-0.3, -0.25) is 14.4 Å². The quantitative estimate of drug-likeness (QED) is 0.771. The Hall–Kier alpha value is -1.21. The minimum atomic E-state index is -0.348. The number of Topliss-reactive ketones (excluding diaryl/α,β-unsaturated/α-hetero) is 1. The fraction of sp³-hybridized carbons (Fsp3) is 0.462. The Balaban J connectivity index is 1.72. The summed E-state index contributed by atoms with van der Waals surface area (Å²) in [6.07, 6.45) is 1.57. The van der Waals surface area contributed by atoms with Gasteiger partial charge in [-0.15, -0.1) is 11.3 Å². The van der Waals surface area contributed by atoms with Gasteiger partial charge in [0.25, 0.3) is 0 Å². The molecule has 1 aromatic heterocycles. The fourth-order valence-electron chi connectivity index (χ4n) is 2.71. The molecule has 0 spiro atoms. The highest BCUT2D eigenvalue weighted by molar-refractivity contribution is 9.11. The van der Waals surface area contributed by atoms with Gasteiger partial charge in [0.15, 0.2) is 5.78 Å². The van der Waals surface area contributed by atoms with Gasteiger partial charge in [0.2, 0.25) is 11.8 Å². The van der Waals surface area contributed by atoms with Crippen LogP contribution in [0.25, 0.3) is 0 Å². The lowest BCUT2D eigenvalue weighted by Crippen LogP contribution is -2.58. The van der Waals surface area contributed by atoms with Crippen LogP contribution in [0.5, 0.6) is 0 Å². The number of halogens is 1. The predicted octanol–water partition coefficient (Wildman–Crippen LogP) is 1.53. The molecule has 2 saturated heterocycles. The second-order valence-electron chi connectivity index (χ2n) is 4.97. The third-order valence-electron chi connectivity index (χ3n) is 3.68. The van der Waals surface area contributed by atoms with E-state index >= 15 is 0 Å². The number of fused-ring (bicyclic) bond motifs is 1. The van der Waals surface area contributed by atoms with Crippen LogP contribution in [0.3, 0.4) is 0 Å². The van der Waals surface area contributed by atoms with Gasteiger partial charge in [-0.2, -0.15) is 0 Å². The van der Waals surface area contributed by atoms with Crippen molar-refractivity contribution in [3.8, 4) is 0 Å². The number of carbonyl (C=O) groups excluding carboxylic acids is 3. The van der Waals surface area contributed by atoms with E-state index in [0.717, 1.165) is 10.2 Å². The van der Waals surface area contributed by atoms with Gasteiger partial charge >= 0.3 is 0 Å². The zero-order chi connectivity index (χ0) is 14.3. The van der Waals surface area contributed by atoms with Crippen molar-refractivity contribution in [3.63, 3.8) is 0 Å². The number of ketones is 1. The molecule has 1 unspecified atom stereocenters. The molecule has 2 fully saturated rings. The van der Waals surface area contributed by atoms with Crippen LogP contribution in [0, 0.1) is 0 Å². The Kier molecular flexibility index (Phi) is 3.64. The first kappa shape index (κ1) is 13.8. The summed E-state index contributed by atoms with van der Waals surface area (Å²) in [6.45, 7) is 0.671. The van der Waals surface area contributed by atoms with Crippen molar-refractivity contribution in [2.75, 3.05) is 19.6 Å². The Labute approximate surface area is 128 Å². The van der Waals surface area contributed by atoms with Crippen molar-refractivity contribution in [1.82, 2.24) is 9.80 Å². The monoisotopic (exact) mass is 356 g/mol. The zero-order valence-electron chi connectivity index (χ0n) is 10.7. The molecule has 3 heterocycles. The molecule has 0 radical (unpaired) electrons. The molecule has 3 rings (SSSR count). The lowest BCUT2D eigenvalue weighted by Gasteiger charge is -2.35. The summed E-state index contributed by atoms with van der Waals surface area (Å²) >= 11 is 4.65. The summed E-state index contributed by atoms with van der Waals surface area (Å²) in [7, 11) is 0. The maximum absolute atomic E-state index is 12.3. The lowest BCUT2D eigenvalue weighted by molar-refractivity contribution is -0.152. The van der Waals surface area contributed by atoms with E-state index in [1.165, 1.54) is 16.2 Å². The van der Waals surface area contributed by atoms with Crippen LogP contribution in [0.2, 0.25) is 0 Å². The molecule has 1 atom stereocenters. The molecule has 2 amide bonds. The van der Waals surface area contributed by atoms with Crippen LogP contribution in [0.4, 0.5) is 0 Å². The highest BCUT2D eigenvalue weighted by Crippen LogP contribution is 2.25. The number of piperazine rings is 1. The van der Waals surface area contributed by atoms with Gasteiger partial charge in [-0.1, -0.05) is 0 Å². The Morgan fingerprint density at radius 1 is 1.40 bits per heavy atom. The smallest absolute Gasteiger partial charge is 0.246 e. The summed E-state index contributed by atoms with van der Waals surface area (Å²) in [6, 6.07) is 3.19. The van der Waals surface area contributed by atoms with Gasteiger partial charge in [0.05, 0.1) is 15.2 Å². The van der Waals surface area contributed by atoms with Gasteiger partial charge in [0.1, 0.15) is 12.6 Å². The largest absolute Gasteiger partial charge is 0.329 e. The normalized spacial score (nSPS) is 22.4. The molecule has 0 saturated carbocycles. The van der Waals surface area contributed by atoms with Crippen molar-refractivity contribution < 1.29 is 14.4 Å². The third kappa shape index (κ3) is 2.40. The van der Waals surface area contributed by atoms with E-state index in [2.05, 4.69) is 15.9 Å². The average Bonchev–Trinajstić information content (AvgIpc) is 3.04. The predicted molar refractivity (Wildman–Crippen MR) is 77.7 cm³/mol. The van der Waals surface area contributed by atoms with Gasteiger partial charge < -0.3 is 9.80 Å².